The molecule has 1 aliphatic heterocycles. The molecule has 0 saturated carbocycles. The highest BCUT2D eigenvalue weighted by Gasteiger charge is 2.34. The van der Waals surface area contributed by atoms with Crippen LogP contribution >= 0.6 is 22.9 Å². The number of morpholine rings is 1. The van der Waals surface area contributed by atoms with E-state index in [0.29, 0.717) is 21.6 Å². The van der Waals surface area contributed by atoms with Crippen molar-refractivity contribution in [2.75, 3.05) is 13.1 Å². The van der Waals surface area contributed by atoms with E-state index in [4.69, 9.17) is 20.8 Å². The number of aromatic nitrogens is 3. The summed E-state index contributed by atoms with van der Waals surface area (Å²) in [5.41, 5.74) is 1.05. The Hall–Kier alpha value is -2.39. The first-order valence-corrected chi connectivity index (χ1v) is 11.0. The van der Waals surface area contributed by atoms with Crippen molar-refractivity contribution in [3.63, 3.8) is 0 Å². The molecule has 4 aromatic rings. The Labute approximate surface area is 182 Å². The summed E-state index contributed by atoms with van der Waals surface area (Å²) >= 11 is 7.55. The molecule has 1 N–H and O–H groups in total. The summed E-state index contributed by atoms with van der Waals surface area (Å²) in [6, 6.07) is 11.2. The molecule has 7 nitrogen and oxygen atoms in total. The van der Waals surface area contributed by atoms with Crippen LogP contribution in [-0.2, 0) is 4.74 Å². The van der Waals surface area contributed by atoms with Crippen LogP contribution in [0.2, 0.25) is 5.02 Å². The number of rotatable bonds is 4. The van der Waals surface area contributed by atoms with E-state index in [1.165, 1.54) is 15.9 Å². The van der Waals surface area contributed by atoms with Gasteiger partial charge in [-0.15, -0.1) is 5.10 Å². The van der Waals surface area contributed by atoms with Crippen LogP contribution < -0.4 is 0 Å². The lowest BCUT2D eigenvalue weighted by Gasteiger charge is -2.40. The molecule has 0 amide bonds. The van der Waals surface area contributed by atoms with Gasteiger partial charge in [0.1, 0.15) is 0 Å². The van der Waals surface area contributed by atoms with E-state index >= 15 is 0 Å². The van der Waals surface area contributed by atoms with Crippen molar-refractivity contribution in [3.8, 4) is 17.5 Å². The minimum Gasteiger partial charge on any atom is -0.492 e. The largest absolute Gasteiger partial charge is 0.492 e. The third kappa shape index (κ3) is 3.50. The van der Waals surface area contributed by atoms with E-state index in [0.717, 1.165) is 23.5 Å². The van der Waals surface area contributed by atoms with E-state index in [2.05, 4.69) is 28.8 Å². The fraction of sp³-hybridized carbons (Fsp3) is 0.333. The van der Waals surface area contributed by atoms with E-state index in [9.17, 15) is 5.11 Å². The Kier molecular flexibility index (Phi) is 5.02. The normalized spacial score (nSPS) is 21.3. The van der Waals surface area contributed by atoms with Crippen LogP contribution in [0.3, 0.4) is 0 Å². The van der Waals surface area contributed by atoms with Gasteiger partial charge in [0.25, 0.3) is 0 Å². The molecule has 4 heterocycles. The van der Waals surface area contributed by atoms with E-state index < -0.39 is 0 Å². The van der Waals surface area contributed by atoms with Gasteiger partial charge in [0, 0.05) is 18.1 Å². The molecule has 0 aliphatic carbocycles. The molecule has 0 radical (unpaired) electrons. The van der Waals surface area contributed by atoms with Gasteiger partial charge in [0.05, 0.1) is 29.4 Å². The Balaban J connectivity index is 1.60. The fourth-order valence-electron chi connectivity index (χ4n) is 4.04. The number of fused-ring (bicyclic) bond motifs is 1. The monoisotopic (exact) mass is 444 g/mol. The molecule has 9 heteroatoms. The highest BCUT2D eigenvalue weighted by atomic mass is 35.5. The summed E-state index contributed by atoms with van der Waals surface area (Å²) in [5.74, 6) is 1.11. The van der Waals surface area contributed by atoms with Crippen molar-refractivity contribution in [1.82, 2.24) is 19.5 Å². The summed E-state index contributed by atoms with van der Waals surface area (Å²) < 4.78 is 12.8. The molecule has 3 unspecified atom stereocenters. The molecule has 3 aromatic heterocycles. The molecule has 5 rings (SSSR count). The summed E-state index contributed by atoms with van der Waals surface area (Å²) in [6.45, 7) is 5.64. The van der Waals surface area contributed by atoms with E-state index in [1.54, 1.807) is 18.4 Å². The van der Waals surface area contributed by atoms with Crippen LogP contribution in [-0.4, -0.2) is 49.9 Å². The van der Waals surface area contributed by atoms with Gasteiger partial charge < -0.3 is 14.3 Å². The maximum Gasteiger partial charge on any atom is 0.230 e. The SMILES string of the molecule is CC1CN(C(c2ccc(Cl)cc2)c2sc3nc(-c4ccco4)nn3c2O)CC(C)O1. The zero-order valence-corrected chi connectivity index (χ0v) is 18.1. The zero-order chi connectivity index (χ0) is 20.8. The van der Waals surface area contributed by atoms with E-state index in [1.807, 2.05) is 24.3 Å². The van der Waals surface area contributed by atoms with Gasteiger partial charge >= 0.3 is 0 Å². The van der Waals surface area contributed by atoms with Crippen LogP contribution in [0.5, 0.6) is 5.88 Å². The number of hydrogen-bond acceptors (Lipinski definition) is 7. The van der Waals surface area contributed by atoms with Crippen molar-refractivity contribution >= 4 is 27.9 Å². The van der Waals surface area contributed by atoms with Crippen molar-refractivity contribution in [3.05, 3.63) is 58.1 Å². The van der Waals surface area contributed by atoms with Crippen molar-refractivity contribution < 1.29 is 14.3 Å². The molecule has 1 saturated heterocycles. The van der Waals surface area contributed by atoms with Crippen LogP contribution in [0, 0.1) is 0 Å². The topological polar surface area (TPSA) is 76.0 Å². The predicted octanol–water partition coefficient (Wildman–Crippen LogP) is 4.61. The molecule has 30 heavy (non-hydrogen) atoms. The Bertz CT molecular complexity index is 1150. The quantitative estimate of drug-likeness (QED) is 0.495. The minimum atomic E-state index is -0.156. The number of benzene rings is 1. The molecule has 1 aromatic carbocycles. The van der Waals surface area contributed by atoms with Crippen molar-refractivity contribution in [2.24, 2.45) is 0 Å². The summed E-state index contributed by atoms with van der Waals surface area (Å²) in [4.78, 5) is 8.29. The first kappa shape index (κ1) is 19.6. The first-order chi connectivity index (χ1) is 14.5. The number of hydrogen-bond donors (Lipinski definition) is 1. The minimum absolute atomic E-state index is 0.0899. The van der Waals surface area contributed by atoms with Gasteiger partial charge in [-0.3, -0.25) is 4.90 Å². The molecule has 0 bridgehead atoms. The second-order valence-corrected chi connectivity index (χ2v) is 9.01. The number of aromatic hydroxyl groups is 1. The lowest BCUT2D eigenvalue weighted by Crippen LogP contribution is -2.47. The fourth-order valence-corrected chi connectivity index (χ4v) is 5.28. The maximum absolute atomic E-state index is 11.1. The molecule has 3 atom stereocenters. The predicted molar refractivity (Wildman–Crippen MR) is 115 cm³/mol. The molecule has 156 valence electrons. The third-order valence-corrected chi connectivity index (χ3v) is 6.51. The number of nitrogens with zero attached hydrogens (tertiary/aromatic N) is 4. The average Bonchev–Trinajstić information content (AvgIpc) is 3.42. The van der Waals surface area contributed by atoms with Gasteiger partial charge in [-0.1, -0.05) is 35.1 Å². The van der Waals surface area contributed by atoms with Crippen LogP contribution in [0.1, 0.15) is 30.3 Å². The van der Waals surface area contributed by atoms with Crippen LogP contribution in [0.25, 0.3) is 16.5 Å². The number of ether oxygens (including phenoxy) is 1. The Morgan fingerprint density at radius 1 is 1.17 bits per heavy atom. The smallest absolute Gasteiger partial charge is 0.230 e. The first-order valence-electron chi connectivity index (χ1n) is 9.77. The average molecular weight is 445 g/mol. The second-order valence-electron chi connectivity index (χ2n) is 7.56. The summed E-state index contributed by atoms with van der Waals surface area (Å²) in [7, 11) is 0. The highest BCUT2D eigenvalue weighted by Crippen LogP contribution is 2.41. The van der Waals surface area contributed by atoms with Gasteiger partial charge in [0.2, 0.25) is 16.7 Å². The maximum atomic E-state index is 11.1. The van der Waals surface area contributed by atoms with Crippen molar-refractivity contribution in [1.29, 1.82) is 0 Å². The van der Waals surface area contributed by atoms with Gasteiger partial charge in [-0.2, -0.15) is 9.50 Å². The number of halogens is 1. The molecule has 1 aliphatic rings. The van der Waals surface area contributed by atoms with Gasteiger partial charge in [-0.05, 0) is 43.7 Å². The second kappa shape index (κ2) is 7.70. The zero-order valence-electron chi connectivity index (χ0n) is 16.5. The van der Waals surface area contributed by atoms with E-state index in [-0.39, 0.29) is 24.1 Å². The standard InChI is InChI=1S/C21H21ClN4O3S/c1-12-10-25(11-13(2)29-12)17(14-5-7-15(22)8-6-14)18-20(27)26-21(30-18)23-19(24-26)16-4-3-9-28-16/h3-9,12-13,17,27H,10-11H2,1-2H3. The third-order valence-electron chi connectivity index (χ3n) is 5.19. The highest BCUT2D eigenvalue weighted by molar-refractivity contribution is 7.17. The summed E-state index contributed by atoms with van der Waals surface area (Å²) in [5, 5.41) is 16.2. The molecular formula is C21H21ClN4O3S. The molecule has 0 spiro atoms. The van der Waals surface area contributed by atoms with Gasteiger partial charge in [0.15, 0.2) is 5.76 Å². The Morgan fingerprint density at radius 3 is 2.53 bits per heavy atom. The van der Waals surface area contributed by atoms with Crippen LogP contribution in [0.4, 0.5) is 0 Å². The summed E-state index contributed by atoms with van der Waals surface area (Å²) in [6.07, 6.45) is 1.77. The van der Waals surface area contributed by atoms with Gasteiger partial charge in [-0.25, -0.2) is 0 Å². The lowest BCUT2D eigenvalue weighted by molar-refractivity contribution is -0.0764. The lowest BCUT2D eigenvalue weighted by atomic mass is 10.0. The Morgan fingerprint density at radius 2 is 1.90 bits per heavy atom. The molecular weight excluding hydrogens is 424 g/mol. The number of thiazole rings is 1. The number of furan rings is 1. The van der Waals surface area contributed by atoms with Crippen LogP contribution in [0.15, 0.2) is 47.1 Å². The molecule has 1 fully saturated rings. The van der Waals surface area contributed by atoms with Crippen molar-refractivity contribution in [2.45, 2.75) is 32.1 Å².